The summed E-state index contributed by atoms with van der Waals surface area (Å²) >= 11 is 0. The van der Waals surface area contributed by atoms with Gasteiger partial charge in [0.15, 0.2) is 0 Å². The molecule has 1 aliphatic rings. The summed E-state index contributed by atoms with van der Waals surface area (Å²) in [4.78, 5) is 0. The van der Waals surface area contributed by atoms with Gasteiger partial charge in [-0.1, -0.05) is 12.1 Å². The quantitative estimate of drug-likeness (QED) is 0.758. The van der Waals surface area contributed by atoms with Crippen LogP contribution in [0.2, 0.25) is 0 Å². The highest BCUT2D eigenvalue weighted by atomic mass is 16.5. The van der Waals surface area contributed by atoms with Crippen LogP contribution in [0.1, 0.15) is 6.92 Å². The number of benzene rings is 1. The molecular weight excluding hydrogens is 176 g/mol. The van der Waals surface area contributed by atoms with E-state index in [9.17, 15) is 0 Å². The number of ether oxygens (including phenoxy) is 1. The molecule has 0 saturated carbocycles. The van der Waals surface area contributed by atoms with Crippen molar-refractivity contribution in [3.8, 4) is 5.75 Å². The first-order valence-corrected chi connectivity index (χ1v) is 5.09. The van der Waals surface area contributed by atoms with Crippen molar-refractivity contribution in [1.82, 2.24) is 5.32 Å². The van der Waals surface area contributed by atoms with Gasteiger partial charge in [0.25, 0.3) is 0 Å². The normalized spacial score (nSPS) is 16.1. The van der Waals surface area contributed by atoms with Crippen LogP contribution in [0.4, 0.5) is 5.69 Å². The van der Waals surface area contributed by atoms with Gasteiger partial charge >= 0.3 is 0 Å². The van der Waals surface area contributed by atoms with E-state index in [-0.39, 0.29) is 0 Å². The summed E-state index contributed by atoms with van der Waals surface area (Å²) < 4.78 is 5.52. The highest BCUT2D eigenvalue weighted by Crippen LogP contribution is 2.24. The van der Waals surface area contributed by atoms with Crippen LogP contribution in [0.25, 0.3) is 0 Å². The fourth-order valence-electron chi connectivity index (χ4n) is 1.48. The lowest BCUT2D eigenvalue weighted by molar-refractivity contribution is 0.340. The van der Waals surface area contributed by atoms with Crippen LogP contribution >= 0.6 is 0 Å². The molecule has 1 aliphatic heterocycles. The van der Waals surface area contributed by atoms with Crippen LogP contribution in [0.5, 0.6) is 5.75 Å². The van der Waals surface area contributed by atoms with Crippen molar-refractivity contribution in [1.29, 1.82) is 0 Å². The molecular formula is C11H16N2O. The average molecular weight is 192 g/mol. The molecule has 0 amide bonds. The van der Waals surface area contributed by atoms with Gasteiger partial charge in [0.1, 0.15) is 5.75 Å². The largest absolute Gasteiger partial charge is 0.492 e. The second-order valence-electron chi connectivity index (χ2n) is 3.43. The summed E-state index contributed by atoms with van der Waals surface area (Å²) in [7, 11) is 0. The zero-order chi connectivity index (χ0) is 9.80. The predicted octanol–water partition coefficient (Wildman–Crippen LogP) is 1.47. The second kappa shape index (κ2) is 4.33. The van der Waals surface area contributed by atoms with Crippen LogP contribution < -0.4 is 15.4 Å². The SMILES string of the molecule is CCOc1ccccc1NC1CNC1. The molecule has 1 aromatic rings. The predicted molar refractivity (Wildman–Crippen MR) is 57.9 cm³/mol. The summed E-state index contributed by atoms with van der Waals surface area (Å²) in [5.41, 5.74) is 1.10. The zero-order valence-electron chi connectivity index (χ0n) is 8.42. The molecule has 0 spiro atoms. The van der Waals surface area contributed by atoms with Gasteiger partial charge in [-0.15, -0.1) is 0 Å². The monoisotopic (exact) mass is 192 g/mol. The van der Waals surface area contributed by atoms with E-state index in [1.807, 2.05) is 25.1 Å². The van der Waals surface area contributed by atoms with Crippen LogP contribution in [-0.4, -0.2) is 25.7 Å². The van der Waals surface area contributed by atoms with E-state index in [1.165, 1.54) is 0 Å². The molecule has 1 aromatic carbocycles. The van der Waals surface area contributed by atoms with Gasteiger partial charge in [0, 0.05) is 13.1 Å². The van der Waals surface area contributed by atoms with Crippen LogP contribution in [-0.2, 0) is 0 Å². The van der Waals surface area contributed by atoms with Crippen molar-refractivity contribution in [3.05, 3.63) is 24.3 Å². The van der Waals surface area contributed by atoms with Crippen molar-refractivity contribution in [2.24, 2.45) is 0 Å². The van der Waals surface area contributed by atoms with Crippen LogP contribution in [0.3, 0.4) is 0 Å². The zero-order valence-corrected chi connectivity index (χ0v) is 8.42. The molecule has 0 aromatic heterocycles. The number of rotatable bonds is 4. The van der Waals surface area contributed by atoms with Gasteiger partial charge in [0.05, 0.1) is 18.3 Å². The molecule has 0 unspecified atom stereocenters. The summed E-state index contributed by atoms with van der Waals surface area (Å²) in [5.74, 6) is 0.946. The number of para-hydroxylation sites is 2. The van der Waals surface area contributed by atoms with E-state index in [0.29, 0.717) is 12.6 Å². The van der Waals surface area contributed by atoms with E-state index < -0.39 is 0 Å². The number of nitrogens with one attached hydrogen (secondary N) is 2. The van der Waals surface area contributed by atoms with E-state index in [4.69, 9.17) is 4.74 Å². The Balaban J connectivity index is 2.05. The molecule has 2 N–H and O–H groups in total. The maximum Gasteiger partial charge on any atom is 0.142 e. The first-order chi connectivity index (χ1) is 6.90. The van der Waals surface area contributed by atoms with Crippen molar-refractivity contribution in [3.63, 3.8) is 0 Å². The van der Waals surface area contributed by atoms with Gasteiger partial charge in [-0.2, -0.15) is 0 Å². The molecule has 0 atom stereocenters. The molecule has 0 bridgehead atoms. The lowest BCUT2D eigenvalue weighted by Gasteiger charge is -2.29. The number of anilines is 1. The van der Waals surface area contributed by atoms with Gasteiger partial charge in [-0.25, -0.2) is 0 Å². The average Bonchev–Trinajstić information content (AvgIpc) is 2.14. The Morgan fingerprint density at radius 1 is 1.43 bits per heavy atom. The first-order valence-electron chi connectivity index (χ1n) is 5.09. The van der Waals surface area contributed by atoms with Gasteiger partial charge in [-0.3, -0.25) is 0 Å². The van der Waals surface area contributed by atoms with Crippen molar-refractivity contribution < 1.29 is 4.74 Å². The highest BCUT2D eigenvalue weighted by Gasteiger charge is 2.17. The van der Waals surface area contributed by atoms with Crippen molar-refractivity contribution >= 4 is 5.69 Å². The Morgan fingerprint density at radius 3 is 2.86 bits per heavy atom. The molecule has 0 aliphatic carbocycles. The van der Waals surface area contributed by atoms with Crippen molar-refractivity contribution in [2.45, 2.75) is 13.0 Å². The Hall–Kier alpha value is -1.22. The maximum atomic E-state index is 5.52. The summed E-state index contributed by atoms with van der Waals surface area (Å²) in [6.07, 6.45) is 0. The first kappa shape index (κ1) is 9.34. The summed E-state index contributed by atoms with van der Waals surface area (Å²) in [5, 5.41) is 6.67. The number of hydrogen-bond acceptors (Lipinski definition) is 3. The minimum absolute atomic E-state index is 0.552. The standard InChI is InChI=1S/C11H16N2O/c1-2-14-11-6-4-3-5-10(11)13-9-7-12-8-9/h3-6,9,12-13H,2,7-8H2,1H3. The van der Waals surface area contributed by atoms with E-state index >= 15 is 0 Å². The lowest BCUT2D eigenvalue weighted by Crippen LogP contribution is -2.51. The molecule has 14 heavy (non-hydrogen) atoms. The third kappa shape index (κ3) is 1.99. The lowest BCUT2D eigenvalue weighted by atomic mass is 10.1. The summed E-state index contributed by atoms with van der Waals surface area (Å²) in [6.45, 7) is 4.80. The highest BCUT2D eigenvalue weighted by molar-refractivity contribution is 5.57. The fourth-order valence-corrected chi connectivity index (χ4v) is 1.48. The van der Waals surface area contributed by atoms with Crippen molar-refractivity contribution in [2.75, 3.05) is 25.0 Å². The Labute approximate surface area is 84.5 Å². The third-order valence-corrected chi connectivity index (χ3v) is 2.33. The van der Waals surface area contributed by atoms with Crippen LogP contribution in [0, 0.1) is 0 Å². The Bertz CT molecular complexity index is 297. The van der Waals surface area contributed by atoms with E-state index in [2.05, 4.69) is 16.7 Å². The fraction of sp³-hybridized carbons (Fsp3) is 0.455. The molecule has 76 valence electrons. The second-order valence-corrected chi connectivity index (χ2v) is 3.43. The minimum atomic E-state index is 0.552. The maximum absolute atomic E-state index is 5.52. The smallest absolute Gasteiger partial charge is 0.142 e. The van der Waals surface area contributed by atoms with E-state index in [0.717, 1.165) is 24.5 Å². The molecule has 0 radical (unpaired) electrons. The Morgan fingerprint density at radius 2 is 2.21 bits per heavy atom. The minimum Gasteiger partial charge on any atom is -0.492 e. The molecule has 1 fully saturated rings. The number of hydrogen-bond donors (Lipinski definition) is 2. The molecule has 2 rings (SSSR count). The van der Waals surface area contributed by atoms with Gasteiger partial charge in [0.2, 0.25) is 0 Å². The topological polar surface area (TPSA) is 33.3 Å². The molecule has 1 saturated heterocycles. The molecule has 3 heteroatoms. The van der Waals surface area contributed by atoms with Gasteiger partial charge in [-0.05, 0) is 19.1 Å². The molecule has 1 heterocycles. The molecule has 3 nitrogen and oxygen atoms in total. The Kier molecular flexibility index (Phi) is 2.89. The van der Waals surface area contributed by atoms with E-state index in [1.54, 1.807) is 0 Å². The van der Waals surface area contributed by atoms with Crippen LogP contribution in [0.15, 0.2) is 24.3 Å². The third-order valence-electron chi connectivity index (χ3n) is 2.33. The summed E-state index contributed by atoms with van der Waals surface area (Å²) in [6, 6.07) is 8.63. The van der Waals surface area contributed by atoms with Gasteiger partial charge < -0.3 is 15.4 Å².